The van der Waals surface area contributed by atoms with Gasteiger partial charge in [0.15, 0.2) is 0 Å². The molecule has 174 valence electrons. The highest BCUT2D eigenvalue weighted by molar-refractivity contribution is 7.92. The minimum atomic E-state index is -3.91. The summed E-state index contributed by atoms with van der Waals surface area (Å²) in [4.78, 5) is 27.2. The van der Waals surface area contributed by atoms with E-state index < -0.39 is 34.3 Å². The first kappa shape index (κ1) is 25.6. The van der Waals surface area contributed by atoms with Crippen molar-refractivity contribution in [2.45, 2.75) is 39.4 Å². The molecular weight excluding hydrogens is 457 g/mol. The molecule has 0 spiro atoms. The van der Waals surface area contributed by atoms with Crippen LogP contribution in [-0.2, 0) is 26.2 Å². The quantitative estimate of drug-likeness (QED) is 0.593. The molecule has 2 rings (SSSR count). The average Bonchev–Trinajstić information content (AvgIpc) is 2.71. The van der Waals surface area contributed by atoms with Crippen LogP contribution in [0.1, 0.15) is 26.3 Å². The van der Waals surface area contributed by atoms with Crippen molar-refractivity contribution in [3.8, 4) is 0 Å². The number of amides is 2. The fraction of sp³-hybridized carbons (Fsp3) is 0.364. The van der Waals surface area contributed by atoms with Gasteiger partial charge in [-0.25, -0.2) is 12.8 Å². The largest absolute Gasteiger partial charge is 0.352 e. The van der Waals surface area contributed by atoms with E-state index in [1.807, 2.05) is 6.07 Å². The van der Waals surface area contributed by atoms with Crippen molar-refractivity contribution in [1.82, 2.24) is 10.2 Å². The van der Waals surface area contributed by atoms with Gasteiger partial charge >= 0.3 is 0 Å². The SMILES string of the molecule is CC(C)NC(=O)[C@H](C)N(Cc1ccccc1)C(=O)CN(c1ccc(F)c(Cl)c1)S(C)(=O)=O. The summed E-state index contributed by atoms with van der Waals surface area (Å²) in [6.07, 6.45) is 0.938. The van der Waals surface area contributed by atoms with Crippen molar-refractivity contribution < 1.29 is 22.4 Å². The predicted molar refractivity (Wildman–Crippen MR) is 123 cm³/mol. The predicted octanol–water partition coefficient (Wildman–Crippen LogP) is 3.19. The fourth-order valence-electron chi connectivity index (χ4n) is 3.02. The summed E-state index contributed by atoms with van der Waals surface area (Å²) in [5.41, 5.74) is 0.826. The Morgan fingerprint density at radius 3 is 2.25 bits per heavy atom. The van der Waals surface area contributed by atoms with Gasteiger partial charge in [-0.1, -0.05) is 41.9 Å². The van der Waals surface area contributed by atoms with E-state index >= 15 is 0 Å². The van der Waals surface area contributed by atoms with Gasteiger partial charge in [-0.15, -0.1) is 0 Å². The number of anilines is 1. The second kappa shape index (κ2) is 10.8. The van der Waals surface area contributed by atoms with E-state index in [-0.39, 0.29) is 29.2 Å². The lowest BCUT2D eigenvalue weighted by Gasteiger charge is -2.32. The molecule has 2 aromatic carbocycles. The van der Waals surface area contributed by atoms with E-state index in [2.05, 4.69) is 5.32 Å². The molecule has 0 radical (unpaired) electrons. The summed E-state index contributed by atoms with van der Waals surface area (Å²) in [6, 6.07) is 11.5. The summed E-state index contributed by atoms with van der Waals surface area (Å²) in [6.45, 7) is 4.72. The Labute approximate surface area is 193 Å². The number of sulfonamides is 1. The zero-order chi connectivity index (χ0) is 24.1. The second-order valence-electron chi connectivity index (χ2n) is 7.71. The molecule has 0 aliphatic heterocycles. The minimum absolute atomic E-state index is 0.0474. The van der Waals surface area contributed by atoms with Crippen molar-refractivity contribution in [3.05, 3.63) is 64.9 Å². The topological polar surface area (TPSA) is 86.8 Å². The number of carbonyl (C=O) groups excluding carboxylic acids is 2. The molecule has 1 atom stereocenters. The summed E-state index contributed by atoms with van der Waals surface area (Å²) in [5.74, 6) is -1.66. The van der Waals surface area contributed by atoms with Crippen LogP contribution in [0.5, 0.6) is 0 Å². The number of hydrogen-bond donors (Lipinski definition) is 1. The van der Waals surface area contributed by atoms with E-state index in [1.54, 1.807) is 45.0 Å². The van der Waals surface area contributed by atoms with Crippen molar-refractivity contribution in [2.75, 3.05) is 17.1 Å². The Balaban J connectivity index is 2.38. The summed E-state index contributed by atoms with van der Waals surface area (Å²) in [7, 11) is -3.91. The van der Waals surface area contributed by atoms with Crippen LogP contribution >= 0.6 is 11.6 Å². The van der Waals surface area contributed by atoms with Gasteiger partial charge in [0.1, 0.15) is 18.4 Å². The van der Waals surface area contributed by atoms with Crippen LogP contribution in [0.2, 0.25) is 5.02 Å². The van der Waals surface area contributed by atoms with E-state index in [0.717, 1.165) is 28.3 Å². The van der Waals surface area contributed by atoms with Crippen LogP contribution in [0.3, 0.4) is 0 Å². The van der Waals surface area contributed by atoms with Gasteiger partial charge < -0.3 is 10.2 Å². The molecule has 0 saturated carbocycles. The molecule has 7 nitrogen and oxygen atoms in total. The maximum Gasteiger partial charge on any atom is 0.244 e. The van der Waals surface area contributed by atoms with Crippen LogP contribution < -0.4 is 9.62 Å². The van der Waals surface area contributed by atoms with Gasteiger partial charge in [-0.3, -0.25) is 13.9 Å². The Morgan fingerprint density at radius 2 is 1.72 bits per heavy atom. The first-order chi connectivity index (χ1) is 14.9. The van der Waals surface area contributed by atoms with Gasteiger partial charge in [-0.2, -0.15) is 0 Å². The zero-order valence-electron chi connectivity index (χ0n) is 18.4. The molecule has 2 amide bonds. The van der Waals surface area contributed by atoms with Crippen LogP contribution in [-0.4, -0.2) is 50.0 Å². The highest BCUT2D eigenvalue weighted by Crippen LogP contribution is 2.25. The van der Waals surface area contributed by atoms with Crippen LogP contribution in [0.4, 0.5) is 10.1 Å². The Hall–Kier alpha value is -2.65. The van der Waals surface area contributed by atoms with E-state index in [1.165, 1.54) is 11.0 Å². The summed E-state index contributed by atoms with van der Waals surface area (Å²) in [5, 5.41) is 2.50. The highest BCUT2D eigenvalue weighted by Gasteiger charge is 2.30. The van der Waals surface area contributed by atoms with E-state index in [0.29, 0.717) is 0 Å². The van der Waals surface area contributed by atoms with Gasteiger partial charge in [-0.05, 0) is 44.5 Å². The Morgan fingerprint density at radius 1 is 1.09 bits per heavy atom. The molecule has 0 saturated heterocycles. The molecule has 0 bridgehead atoms. The molecule has 0 fully saturated rings. The first-order valence-electron chi connectivity index (χ1n) is 9.96. The van der Waals surface area contributed by atoms with Crippen molar-refractivity contribution in [1.29, 1.82) is 0 Å². The number of carbonyl (C=O) groups is 2. The first-order valence-corrected chi connectivity index (χ1v) is 12.2. The highest BCUT2D eigenvalue weighted by atomic mass is 35.5. The third-order valence-electron chi connectivity index (χ3n) is 4.66. The number of nitrogens with zero attached hydrogens (tertiary/aromatic N) is 2. The fourth-order valence-corrected chi connectivity index (χ4v) is 4.04. The Kier molecular flexibility index (Phi) is 8.63. The minimum Gasteiger partial charge on any atom is -0.352 e. The third-order valence-corrected chi connectivity index (χ3v) is 6.09. The molecular formula is C22H27ClFN3O4S. The number of halogens is 2. The van der Waals surface area contributed by atoms with Gasteiger partial charge in [0.05, 0.1) is 17.0 Å². The Bertz CT molecular complexity index is 1060. The lowest BCUT2D eigenvalue weighted by atomic mass is 10.1. The molecule has 0 heterocycles. The van der Waals surface area contributed by atoms with Crippen molar-refractivity contribution in [2.24, 2.45) is 0 Å². The number of rotatable bonds is 9. The third kappa shape index (κ3) is 6.93. The molecule has 0 unspecified atom stereocenters. The second-order valence-corrected chi connectivity index (χ2v) is 10.0. The number of hydrogen-bond acceptors (Lipinski definition) is 4. The van der Waals surface area contributed by atoms with Gasteiger partial charge in [0, 0.05) is 12.6 Å². The lowest BCUT2D eigenvalue weighted by molar-refractivity contribution is -0.139. The van der Waals surface area contributed by atoms with Gasteiger partial charge in [0.25, 0.3) is 0 Å². The maximum absolute atomic E-state index is 13.6. The molecule has 10 heteroatoms. The van der Waals surface area contributed by atoms with Crippen LogP contribution in [0, 0.1) is 5.82 Å². The smallest absolute Gasteiger partial charge is 0.244 e. The van der Waals surface area contributed by atoms with E-state index in [9.17, 15) is 22.4 Å². The molecule has 32 heavy (non-hydrogen) atoms. The van der Waals surface area contributed by atoms with Crippen molar-refractivity contribution in [3.63, 3.8) is 0 Å². The molecule has 2 aromatic rings. The molecule has 0 aromatic heterocycles. The monoisotopic (exact) mass is 483 g/mol. The maximum atomic E-state index is 13.6. The molecule has 0 aliphatic rings. The van der Waals surface area contributed by atoms with Gasteiger partial charge in [0.2, 0.25) is 21.8 Å². The van der Waals surface area contributed by atoms with Crippen LogP contribution in [0.15, 0.2) is 48.5 Å². The molecule has 0 aliphatic carbocycles. The lowest BCUT2D eigenvalue weighted by Crippen LogP contribution is -2.52. The average molecular weight is 484 g/mol. The standard InChI is InChI=1S/C22H27ClFN3O4S/c1-15(2)25-22(29)16(3)26(13-17-8-6-5-7-9-17)21(28)14-27(32(4,30)31)18-10-11-20(24)19(23)12-18/h5-12,15-16H,13-14H2,1-4H3,(H,25,29)/t16-/m0/s1. The van der Waals surface area contributed by atoms with Crippen LogP contribution in [0.25, 0.3) is 0 Å². The summed E-state index contributed by atoms with van der Waals surface area (Å²) < 4.78 is 39.3. The molecule has 1 N–H and O–H groups in total. The van der Waals surface area contributed by atoms with E-state index in [4.69, 9.17) is 11.6 Å². The zero-order valence-corrected chi connectivity index (χ0v) is 20.0. The number of benzene rings is 2. The summed E-state index contributed by atoms with van der Waals surface area (Å²) >= 11 is 5.81. The van der Waals surface area contributed by atoms with Crippen molar-refractivity contribution >= 4 is 39.1 Å². The normalized spacial score (nSPS) is 12.3. The number of nitrogens with one attached hydrogen (secondary N) is 1.